The van der Waals surface area contributed by atoms with Gasteiger partial charge in [-0.3, -0.25) is 0 Å². The first kappa shape index (κ1) is 11.5. The molecule has 2 heteroatoms. The standard InChI is InChI=1S/C16H23NS/c1-16(17,14-3-2-4-18-14)15-12-6-10-5-11(8-12)9-13(15)7-10/h2-4,10-13,15H,5-9,17H2,1H3. The van der Waals surface area contributed by atoms with E-state index in [2.05, 4.69) is 24.4 Å². The van der Waals surface area contributed by atoms with Crippen LogP contribution >= 0.6 is 11.3 Å². The van der Waals surface area contributed by atoms with Crippen molar-refractivity contribution in [1.82, 2.24) is 0 Å². The lowest BCUT2D eigenvalue weighted by atomic mass is 9.48. The molecule has 0 amide bonds. The van der Waals surface area contributed by atoms with Crippen LogP contribution in [0.25, 0.3) is 0 Å². The Bertz CT molecular complexity index is 406. The van der Waals surface area contributed by atoms with Crippen LogP contribution in [0.4, 0.5) is 0 Å². The van der Waals surface area contributed by atoms with E-state index < -0.39 is 0 Å². The summed E-state index contributed by atoms with van der Waals surface area (Å²) in [7, 11) is 0. The molecule has 1 nitrogen and oxygen atoms in total. The average Bonchev–Trinajstić information content (AvgIpc) is 2.80. The molecule has 4 fully saturated rings. The van der Waals surface area contributed by atoms with Crippen LogP contribution < -0.4 is 5.73 Å². The van der Waals surface area contributed by atoms with Crippen LogP contribution in [0.5, 0.6) is 0 Å². The summed E-state index contributed by atoms with van der Waals surface area (Å²) in [6.07, 6.45) is 7.40. The number of thiophene rings is 1. The molecule has 0 aliphatic heterocycles. The molecule has 5 rings (SSSR count). The summed E-state index contributed by atoms with van der Waals surface area (Å²) in [5.41, 5.74) is 6.73. The molecule has 1 unspecified atom stereocenters. The summed E-state index contributed by atoms with van der Waals surface area (Å²) in [6, 6.07) is 4.40. The van der Waals surface area contributed by atoms with Crippen molar-refractivity contribution in [3.8, 4) is 0 Å². The number of hydrogen-bond acceptors (Lipinski definition) is 2. The van der Waals surface area contributed by atoms with E-state index in [4.69, 9.17) is 5.73 Å². The summed E-state index contributed by atoms with van der Waals surface area (Å²) in [4.78, 5) is 1.40. The van der Waals surface area contributed by atoms with Gasteiger partial charge in [0.2, 0.25) is 0 Å². The molecule has 1 atom stereocenters. The minimum absolute atomic E-state index is 0.0865. The van der Waals surface area contributed by atoms with Crippen molar-refractivity contribution in [2.75, 3.05) is 0 Å². The smallest absolute Gasteiger partial charge is 0.0509 e. The molecule has 98 valence electrons. The van der Waals surface area contributed by atoms with Crippen LogP contribution in [-0.4, -0.2) is 0 Å². The number of nitrogens with two attached hydrogens (primary N) is 1. The lowest BCUT2D eigenvalue weighted by Crippen LogP contribution is -2.55. The molecular weight excluding hydrogens is 238 g/mol. The predicted molar refractivity (Wildman–Crippen MR) is 76.4 cm³/mol. The molecule has 0 saturated heterocycles. The molecule has 4 aliphatic carbocycles. The Morgan fingerprint density at radius 2 is 1.72 bits per heavy atom. The van der Waals surface area contributed by atoms with E-state index in [9.17, 15) is 0 Å². The van der Waals surface area contributed by atoms with Gasteiger partial charge in [0.25, 0.3) is 0 Å². The molecule has 0 aromatic carbocycles. The zero-order chi connectivity index (χ0) is 12.3. The fraction of sp³-hybridized carbons (Fsp3) is 0.750. The van der Waals surface area contributed by atoms with Gasteiger partial charge in [0.15, 0.2) is 0 Å². The summed E-state index contributed by atoms with van der Waals surface area (Å²) in [5, 5.41) is 2.18. The van der Waals surface area contributed by atoms with Gasteiger partial charge in [-0.15, -0.1) is 11.3 Å². The largest absolute Gasteiger partial charge is 0.321 e. The van der Waals surface area contributed by atoms with Gasteiger partial charge in [0.05, 0.1) is 5.54 Å². The molecule has 4 aliphatic rings. The third-order valence-electron chi connectivity index (χ3n) is 5.97. The summed E-state index contributed by atoms with van der Waals surface area (Å²) in [5.74, 6) is 4.66. The lowest BCUT2D eigenvalue weighted by molar-refractivity contribution is -0.0669. The molecule has 1 heterocycles. The molecule has 18 heavy (non-hydrogen) atoms. The van der Waals surface area contributed by atoms with Crippen LogP contribution in [0.3, 0.4) is 0 Å². The molecular formula is C16H23NS. The normalized spacial score (nSPS) is 45.1. The van der Waals surface area contributed by atoms with E-state index in [1.165, 1.54) is 37.0 Å². The second-order valence-corrected chi connectivity index (χ2v) is 8.16. The van der Waals surface area contributed by atoms with Gasteiger partial charge >= 0.3 is 0 Å². The Hall–Kier alpha value is -0.340. The van der Waals surface area contributed by atoms with Gasteiger partial charge in [-0.1, -0.05) is 6.07 Å². The zero-order valence-corrected chi connectivity index (χ0v) is 12.0. The average molecular weight is 261 g/mol. The first-order chi connectivity index (χ1) is 8.64. The van der Waals surface area contributed by atoms with Gasteiger partial charge in [-0.25, -0.2) is 0 Å². The van der Waals surface area contributed by atoms with Gasteiger partial charge < -0.3 is 5.73 Å². The van der Waals surface area contributed by atoms with Gasteiger partial charge in [0.1, 0.15) is 0 Å². The summed E-state index contributed by atoms with van der Waals surface area (Å²) >= 11 is 1.85. The third-order valence-corrected chi connectivity index (χ3v) is 7.09. The first-order valence-electron chi connectivity index (χ1n) is 7.47. The predicted octanol–water partition coefficient (Wildman–Crippen LogP) is 3.99. The van der Waals surface area contributed by atoms with Crippen molar-refractivity contribution in [3.05, 3.63) is 22.4 Å². The van der Waals surface area contributed by atoms with E-state index in [1.54, 1.807) is 0 Å². The second-order valence-electron chi connectivity index (χ2n) is 7.22. The highest BCUT2D eigenvalue weighted by Crippen LogP contribution is 2.60. The minimum atomic E-state index is -0.0865. The maximum absolute atomic E-state index is 6.82. The summed E-state index contributed by atoms with van der Waals surface area (Å²) < 4.78 is 0. The third kappa shape index (κ3) is 1.55. The fourth-order valence-corrected chi connectivity index (χ4v) is 6.50. The van der Waals surface area contributed by atoms with Crippen LogP contribution in [0.1, 0.15) is 43.9 Å². The SMILES string of the molecule is CC(N)(c1cccs1)C1C2CC3CC(C2)CC1C3. The Labute approximate surface area is 114 Å². The molecule has 1 aromatic heterocycles. The van der Waals surface area contributed by atoms with Crippen molar-refractivity contribution in [2.24, 2.45) is 35.3 Å². The van der Waals surface area contributed by atoms with Crippen LogP contribution in [0.2, 0.25) is 0 Å². The highest BCUT2D eigenvalue weighted by atomic mass is 32.1. The van der Waals surface area contributed by atoms with Crippen molar-refractivity contribution >= 4 is 11.3 Å². The molecule has 1 aromatic rings. The molecule has 0 radical (unpaired) electrons. The Kier molecular flexibility index (Phi) is 2.44. The minimum Gasteiger partial charge on any atom is -0.321 e. The van der Waals surface area contributed by atoms with Crippen molar-refractivity contribution in [2.45, 2.75) is 44.6 Å². The van der Waals surface area contributed by atoms with E-state index >= 15 is 0 Å². The fourth-order valence-electron chi connectivity index (χ4n) is 5.65. The maximum Gasteiger partial charge on any atom is 0.0509 e. The van der Waals surface area contributed by atoms with Crippen molar-refractivity contribution in [1.29, 1.82) is 0 Å². The highest BCUT2D eigenvalue weighted by molar-refractivity contribution is 7.10. The lowest BCUT2D eigenvalue weighted by Gasteiger charge is -2.58. The Balaban J connectivity index is 1.69. The molecule has 0 spiro atoms. The van der Waals surface area contributed by atoms with Gasteiger partial charge in [0, 0.05) is 4.88 Å². The summed E-state index contributed by atoms with van der Waals surface area (Å²) in [6.45, 7) is 2.30. The van der Waals surface area contributed by atoms with Crippen molar-refractivity contribution < 1.29 is 0 Å². The van der Waals surface area contributed by atoms with E-state index in [1.807, 2.05) is 11.3 Å². The van der Waals surface area contributed by atoms with E-state index in [0.29, 0.717) is 0 Å². The molecule has 2 N–H and O–H groups in total. The van der Waals surface area contributed by atoms with Crippen molar-refractivity contribution in [3.63, 3.8) is 0 Å². The molecule has 4 bridgehead atoms. The Morgan fingerprint density at radius 3 is 2.22 bits per heavy atom. The quantitative estimate of drug-likeness (QED) is 0.855. The number of hydrogen-bond donors (Lipinski definition) is 1. The van der Waals surface area contributed by atoms with Gasteiger partial charge in [-0.2, -0.15) is 0 Å². The van der Waals surface area contributed by atoms with E-state index in [0.717, 1.165) is 29.6 Å². The van der Waals surface area contributed by atoms with Crippen LogP contribution in [0.15, 0.2) is 17.5 Å². The van der Waals surface area contributed by atoms with Gasteiger partial charge in [-0.05, 0) is 80.1 Å². The Morgan fingerprint density at radius 1 is 1.11 bits per heavy atom. The second kappa shape index (κ2) is 3.83. The molecule has 4 saturated carbocycles. The topological polar surface area (TPSA) is 26.0 Å². The van der Waals surface area contributed by atoms with Crippen LogP contribution in [-0.2, 0) is 5.54 Å². The highest BCUT2D eigenvalue weighted by Gasteiger charge is 2.53. The first-order valence-corrected chi connectivity index (χ1v) is 8.35. The monoisotopic (exact) mass is 261 g/mol. The van der Waals surface area contributed by atoms with Crippen LogP contribution in [0, 0.1) is 29.6 Å². The maximum atomic E-state index is 6.82. The zero-order valence-electron chi connectivity index (χ0n) is 11.1. The number of rotatable bonds is 2. The van der Waals surface area contributed by atoms with E-state index in [-0.39, 0.29) is 5.54 Å².